The van der Waals surface area contributed by atoms with Crippen LogP contribution in [0.2, 0.25) is 0 Å². The molecule has 2 atom stereocenters. The Labute approximate surface area is 171 Å². The van der Waals surface area contributed by atoms with Crippen LogP contribution in [0.5, 0.6) is 0 Å². The summed E-state index contributed by atoms with van der Waals surface area (Å²) in [4.78, 5) is 29.1. The monoisotopic (exact) mass is 406 g/mol. The van der Waals surface area contributed by atoms with Crippen molar-refractivity contribution in [1.29, 1.82) is 0 Å². The summed E-state index contributed by atoms with van der Waals surface area (Å²) in [6.07, 6.45) is 0.543. The molecular weight excluding hydrogens is 380 g/mol. The van der Waals surface area contributed by atoms with Gasteiger partial charge in [-0.3, -0.25) is 9.59 Å². The van der Waals surface area contributed by atoms with Gasteiger partial charge in [0.1, 0.15) is 0 Å². The number of ketones is 1. The molecule has 1 saturated heterocycles. The lowest BCUT2D eigenvalue weighted by atomic mass is 9.89. The number of nitrogens with zero attached hydrogens (tertiary/aromatic N) is 1. The third-order valence-corrected chi connectivity index (χ3v) is 6.20. The smallest absolute Gasteiger partial charge is 0.223 e. The Morgan fingerprint density at radius 3 is 2.44 bits per heavy atom. The Morgan fingerprint density at radius 1 is 1.15 bits per heavy atom. The number of amides is 1. The van der Waals surface area contributed by atoms with Gasteiger partial charge in [-0.2, -0.15) is 0 Å². The molecule has 2 aromatic rings. The van der Waals surface area contributed by atoms with Crippen molar-refractivity contribution in [3.63, 3.8) is 0 Å². The second-order valence-corrected chi connectivity index (χ2v) is 8.52. The van der Waals surface area contributed by atoms with Gasteiger partial charge in [0.15, 0.2) is 5.78 Å². The summed E-state index contributed by atoms with van der Waals surface area (Å²) in [5, 5.41) is 0. The Kier molecular flexibility index (Phi) is 7.59. The number of thiophene rings is 1. The van der Waals surface area contributed by atoms with E-state index in [0.29, 0.717) is 19.6 Å². The molecule has 0 aliphatic carbocycles. The molecule has 4 nitrogen and oxygen atoms in total. The average molecular weight is 407 g/mol. The van der Waals surface area contributed by atoms with Crippen LogP contribution < -0.4 is 5.73 Å². The number of benzene rings is 1. The van der Waals surface area contributed by atoms with Crippen LogP contribution in [0.15, 0.2) is 36.4 Å². The van der Waals surface area contributed by atoms with Crippen LogP contribution in [0.1, 0.15) is 44.4 Å². The highest BCUT2D eigenvalue weighted by Crippen LogP contribution is 2.32. The normalized spacial score (nSPS) is 19.0. The van der Waals surface area contributed by atoms with Gasteiger partial charge in [0.2, 0.25) is 5.91 Å². The van der Waals surface area contributed by atoms with Crippen molar-refractivity contribution < 1.29 is 9.59 Å². The number of carbonyl (C=O) groups is 2. The molecule has 1 aliphatic rings. The maximum absolute atomic E-state index is 12.6. The Balaban J connectivity index is 0.00000261. The number of halogens is 1. The van der Waals surface area contributed by atoms with E-state index >= 15 is 0 Å². The predicted molar refractivity (Wildman–Crippen MR) is 113 cm³/mol. The fourth-order valence-electron chi connectivity index (χ4n) is 3.81. The molecule has 2 N–H and O–H groups in total. The molecule has 1 aromatic carbocycles. The number of Topliss-reactive ketones (excluding diaryl/α,β-unsaturated/α-hetero) is 1. The fraction of sp³-hybridized carbons (Fsp3) is 0.429. The van der Waals surface area contributed by atoms with Gasteiger partial charge < -0.3 is 10.6 Å². The Bertz CT molecular complexity index is 791. The van der Waals surface area contributed by atoms with Crippen molar-refractivity contribution in [2.24, 2.45) is 11.7 Å². The van der Waals surface area contributed by atoms with E-state index in [9.17, 15) is 9.59 Å². The van der Waals surface area contributed by atoms with E-state index < -0.39 is 0 Å². The second-order valence-electron chi connectivity index (χ2n) is 7.06. The van der Waals surface area contributed by atoms with Crippen LogP contribution in [0.25, 0.3) is 0 Å². The van der Waals surface area contributed by atoms with E-state index in [0.717, 1.165) is 15.3 Å². The van der Waals surface area contributed by atoms with Crippen LogP contribution in [-0.4, -0.2) is 36.2 Å². The molecule has 2 heterocycles. The van der Waals surface area contributed by atoms with Crippen molar-refractivity contribution in [1.82, 2.24) is 4.90 Å². The van der Waals surface area contributed by atoms with Crippen LogP contribution in [0, 0.1) is 19.8 Å². The fourth-order valence-corrected chi connectivity index (χ4v) is 4.75. The first-order valence-corrected chi connectivity index (χ1v) is 9.94. The number of hydrogen-bond donors (Lipinski definition) is 1. The maximum atomic E-state index is 12.6. The molecule has 0 bridgehead atoms. The van der Waals surface area contributed by atoms with Gasteiger partial charge in [-0.1, -0.05) is 30.3 Å². The molecule has 6 heteroatoms. The summed E-state index contributed by atoms with van der Waals surface area (Å²) < 4.78 is 0. The zero-order valence-corrected chi connectivity index (χ0v) is 17.4. The van der Waals surface area contributed by atoms with Gasteiger partial charge in [-0.05, 0) is 37.9 Å². The lowest BCUT2D eigenvalue weighted by molar-refractivity contribution is -0.130. The molecule has 1 fully saturated rings. The van der Waals surface area contributed by atoms with Gasteiger partial charge in [0, 0.05) is 47.2 Å². The number of aryl methyl sites for hydroxylation is 2. The highest BCUT2D eigenvalue weighted by atomic mass is 35.5. The van der Waals surface area contributed by atoms with Gasteiger partial charge in [-0.15, -0.1) is 23.7 Å². The third kappa shape index (κ3) is 4.98. The van der Waals surface area contributed by atoms with Crippen molar-refractivity contribution in [3.8, 4) is 0 Å². The molecular formula is C21H27ClN2O2S. The number of carbonyl (C=O) groups excluding carboxylic acids is 2. The molecule has 146 valence electrons. The summed E-state index contributed by atoms with van der Waals surface area (Å²) in [6.45, 7) is 5.90. The van der Waals surface area contributed by atoms with Crippen LogP contribution in [0.4, 0.5) is 0 Å². The van der Waals surface area contributed by atoms with Crippen molar-refractivity contribution >= 4 is 35.4 Å². The summed E-state index contributed by atoms with van der Waals surface area (Å²) >= 11 is 1.63. The highest BCUT2D eigenvalue weighted by molar-refractivity contribution is 7.12. The number of rotatable bonds is 6. The van der Waals surface area contributed by atoms with Crippen LogP contribution in [0.3, 0.4) is 0 Å². The quantitative estimate of drug-likeness (QED) is 0.738. The maximum Gasteiger partial charge on any atom is 0.223 e. The first-order valence-electron chi connectivity index (χ1n) is 9.12. The Hall–Kier alpha value is -1.69. The molecule has 1 aromatic heterocycles. The molecule has 1 aliphatic heterocycles. The van der Waals surface area contributed by atoms with Gasteiger partial charge in [0.05, 0.1) is 0 Å². The third-order valence-electron chi connectivity index (χ3n) is 5.23. The van der Waals surface area contributed by atoms with E-state index in [2.05, 4.69) is 12.1 Å². The van der Waals surface area contributed by atoms with Crippen molar-refractivity contribution in [2.45, 2.75) is 32.6 Å². The van der Waals surface area contributed by atoms with E-state index in [4.69, 9.17) is 5.73 Å². The van der Waals surface area contributed by atoms with Crippen molar-refractivity contribution in [3.05, 3.63) is 57.3 Å². The molecule has 3 rings (SSSR count). The highest BCUT2D eigenvalue weighted by Gasteiger charge is 2.35. The topological polar surface area (TPSA) is 63.4 Å². The van der Waals surface area contributed by atoms with Crippen molar-refractivity contribution in [2.75, 3.05) is 19.6 Å². The second kappa shape index (κ2) is 9.49. The molecule has 27 heavy (non-hydrogen) atoms. The van der Waals surface area contributed by atoms with Crippen LogP contribution in [-0.2, 0) is 4.79 Å². The summed E-state index contributed by atoms with van der Waals surface area (Å²) in [5.41, 5.74) is 7.95. The lowest BCUT2D eigenvalue weighted by Gasteiger charge is -2.16. The molecule has 1 amide bonds. The average Bonchev–Trinajstić information content (AvgIpc) is 3.23. The summed E-state index contributed by atoms with van der Waals surface area (Å²) in [7, 11) is 0. The standard InChI is InChI=1S/C21H26N2O2S.ClH/c1-14-10-18(15(2)26-14)20(24)8-9-21(25)23-12-17(11-22)19(13-23)16-6-4-3-5-7-16;/h3-7,10,17,19H,8-9,11-13,22H2,1-2H3;1H/t17-,19+;/m1./s1. The van der Waals surface area contributed by atoms with E-state index in [-0.39, 0.29) is 48.8 Å². The summed E-state index contributed by atoms with van der Waals surface area (Å²) in [5.74, 6) is 0.677. The van der Waals surface area contributed by atoms with Crippen LogP contribution >= 0.6 is 23.7 Å². The van der Waals surface area contributed by atoms with E-state index in [1.165, 1.54) is 5.56 Å². The zero-order valence-electron chi connectivity index (χ0n) is 15.8. The lowest BCUT2D eigenvalue weighted by Crippen LogP contribution is -2.30. The van der Waals surface area contributed by atoms with Gasteiger partial charge in [0.25, 0.3) is 0 Å². The largest absolute Gasteiger partial charge is 0.342 e. The Morgan fingerprint density at radius 2 is 1.85 bits per heavy atom. The summed E-state index contributed by atoms with van der Waals surface area (Å²) in [6, 6.07) is 12.2. The predicted octanol–water partition coefficient (Wildman–Crippen LogP) is 3.95. The van der Waals surface area contributed by atoms with Gasteiger partial charge in [-0.25, -0.2) is 0 Å². The molecule has 0 unspecified atom stereocenters. The minimum Gasteiger partial charge on any atom is -0.342 e. The first-order chi connectivity index (χ1) is 12.5. The minimum atomic E-state index is 0. The first kappa shape index (κ1) is 21.6. The number of hydrogen-bond acceptors (Lipinski definition) is 4. The molecule has 0 spiro atoms. The molecule has 0 radical (unpaired) electrons. The number of likely N-dealkylation sites (tertiary alicyclic amines) is 1. The van der Waals surface area contributed by atoms with E-state index in [1.807, 2.05) is 43.0 Å². The van der Waals surface area contributed by atoms with E-state index in [1.54, 1.807) is 11.3 Å². The minimum absolute atomic E-state index is 0. The number of nitrogens with two attached hydrogens (primary N) is 1. The van der Waals surface area contributed by atoms with Gasteiger partial charge >= 0.3 is 0 Å². The SMILES string of the molecule is Cc1cc(C(=O)CCC(=O)N2C[C@@H](CN)[C@H](c3ccccc3)C2)c(C)s1.Cl. The molecule has 0 saturated carbocycles. The zero-order chi connectivity index (χ0) is 18.7.